The highest BCUT2D eigenvalue weighted by Crippen LogP contribution is 2.79. The number of aliphatic hydroxyl groups excluding tert-OH is 2. The lowest BCUT2D eigenvalue weighted by Crippen LogP contribution is -2.83. The Morgan fingerprint density at radius 2 is 0.716 bits per heavy atom. The molecule has 8 heterocycles. The largest absolute Gasteiger partial charge is 0.508 e. The minimum absolute atomic E-state index is 0.0294. The Bertz CT molecular complexity index is 5190. The highest BCUT2D eigenvalue weighted by atomic mass is 16.6. The smallest absolute Gasteiger partial charge is 0.165 e. The molecule has 726 valence electrons. The molecular formula is C113H153N5O16. The Hall–Kier alpha value is -6.02. The minimum Gasteiger partial charge on any atom is -0.508 e. The number of hydrogen-bond acceptors (Lipinski definition) is 21. The maximum Gasteiger partial charge on any atom is 0.165 e. The second-order valence-electron chi connectivity index (χ2n) is 49.9. The van der Waals surface area contributed by atoms with Gasteiger partial charge in [0.25, 0.3) is 0 Å². The summed E-state index contributed by atoms with van der Waals surface area (Å²) in [4.78, 5) is 13.1. The number of rotatable bonds is 12. The molecule has 12 bridgehead atoms. The average molecular weight is 1840 g/mol. The van der Waals surface area contributed by atoms with Gasteiger partial charge in [0.15, 0.2) is 34.5 Å². The van der Waals surface area contributed by atoms with Gasteiger partial charge >= 0.3 is 0 Å². The molecule has 134 heavy (non-hydrogen) atoms. The van der Waals surface area contributed by atoms with Crippen LogP contribution in [0.25, 0.3) is 0 Å². The molecule has 5 aromatic rings. The first-order valence-electron chi connectivity index (χ1n) is 53.8. The molecule has 21 heteroatoms. The van der Waals surface area contributed by atoms with Gasteiger partial charge < -0.3 is 80.2 Å². The Morgan fingerprint density at radius 3 is 1.11 bits per heavy atom. The molecule has 8 aliphatic heterocycles. The van der Waals surface area contributed by atoms with Gasteiger partial charge in [-0.1, -0.05) is 102 Å². The van der Waals surface area contributed by atoms with Gasteiger partial charge in [0.2, 0.25) is 0 Å². The van der Waals surface area contributed by atoms with Crippen molar-refractivity contribution >= 4 is 0 Å². The van der Waals surface area contributed by atoms with Crippen LogP contribution in [-0.2, 0) is 63.9 Å². The monoisotopic (exact) mass is 1840 g/mol. The summed E-state index contributed by atoms with van der Waals surface area (Å²) in [6.45, 7) is 19.4. The number of methoxy groups -OCH3 is 1. The van der Waals surface area contributed by atoms with E-state index in [1.165, 1.54) is 167 Å². The van der Waals surface area contributed by atoms with E-state index in [4.69, 9.17) is 18.9 Å². The predicted octanol–water partition coefficient (Wildman–Crippen LogP) is 14.6. The molecule has 17 aliphatic carbocycles. The van der Waals surface area contributed by atoms with Gasteiger partial charge in [-0.25, -0.2) is 0 Å². The predicted molar refractivity (Wildman–Crippen MR) is 509 cm³/mol. The molecule has 21 nitrogen and oxygen atoms in total. The molecule has 30 rings (SSSR count). The van der Waals surface area contributed by atoms with E-state index in [9.17, 15) is 61.3 Å². The molecule has 5 saturated heterocycles. The van der Waals surface area contributed by atoms with Crippen LogP contribution in [0.2, 0.25) is 0 Å². The molecule has 17 fully saturated rings. The first kappa shape index (κ1) is 89.3. The van der Waals surface area contributed by atoms with E-state index in [2.05, 4.69) is 63.5 Å². The molecule has 12 N–H and O–H groups in total. The molecule has 4 spiro atoms. The molecule has 2 unspecified atom stereocenters. The summed E-state index contributed by atoms with van der Waals surface area (Å²) in [5, 5.41) is 134. The molecule has 5 aromatic carbocycles. The summed E-state index contributed by atoms with van der Waals surface area (Å²) in [5.41, 5.74) is 5.98. The van der Waals surface area contributed by atoms with E-state index in [1.54, 1.807) is 12.1 Å². The van der Waals surface area contributed by atoms with Crippen LogP contribution in [0, 0.1) is 46.3 Å². The zero-order chi connectivity index (χ0) is 92.0. The second-order valence-corrected chi connectivity index (χ2v) is 49.9. The van der Waals surface area contributed by atoms with Crippen molar-refractivity contribution in [3.63, 3.8) is 0 Å². The highest BCUT2D eigenvalue weighted by Gasteiger charge is 2.84. The minimum atomic E-state index is -0.909. The van der Waals surface area contributed by atoms with Gasteiger partial charge in [0, 0.05) is 114 Å². The van der Waals surface area contributed by atoms with Gasteiger partial charge in [-0.15, -0.1) is 0 Å². The lowest BCUT2D eigenvalue weighted by Gasteiger charge is -2.75. The van der Waals surface area contributed by atoms with E-state index < -0.39 is 68.9 Å². The van der Waals surface area contributed by atoms with Crippen molar-refractivity contribution < 1.29 is 80.2 Å². The number of nitrogens with zero attached hydrogens (tertiary/aromatic N) is 5. The Morgan fingerprint density at radius 1 is 0.366 bits per heavy atom. The number of hydrogen-bond donors (Lipinski definition) is 12. The average Bonchev–Trinajstić information content (AvgIpc) is 1.37. The van der Waals surface area contributed by atoms with E-state index in [1.807, 2.05) is 56.5 Å². The van der Waals surface area contributed by atoms with E-state index in [-0.39, 0.29) is 80.5 Å². The van der Waals surface area contributed by atoms with Gasteiger partial charge in [0.05, 0.1) is 51.0 Å². The van der Waals surface area contributed by atoms with Crippen molar-refractivity contribution in [1.82, 2.24) is 24.5 Å². The number of likely N-dealkylation sites (tertiary alicyclic amines) is 5. The summed E-state index contributed by atoms with van der Waals surface area (Å²) >= 11 is 0. The number of benzene rings is 5. The number of phenolic OH excluding ortho intramolecular Hbond substituents is 5. The zero-order valence-electron chi connectivity index (χ0n) is 80.5. The fourth-order valence-corrected chi connectivity index (χ4v) is 35.9. The van der Waals surface area contributed by atoms with Gasteiger partial charge in [-0.3, -0.25) is 24.5 Å². The van der Waals surface area contributed by atoms with Crippen molar-refractivity contribution in [3.05, 3.63) is 128 Å². The summed E-state index contributed by atoms with van der Waals surface area (Å²) in [5.74, 6) is 7.06. The van der Waals surface area contributed by atoms with E-state index in [0.29, 0.717) is 60.5 Å². The zero-order valence-corrected chi connectivity index (χ0v) is 80.5. The maximum absolute atomic E-state index is 12.2. The van der Waals surface area contributed by atoms with Gasteiger partial charge in [-0.05, 0) is 355 Å². The third-order valence-corrected chi connectivity index (χ3v) is 44.0. The SMILES string of the molecule is COC12CC[C@@]3(C[C@@H]1C(C)(O)C(C)(C)C)[C@H]1Cc4ccc(O)c5c4[C@@]3(CCN1CC1CC1)[C@H]2O5.Oc1ccc2c(c1)[C@@]13CCCC[C@@]1(O)[C@@H](C2)N(CC1CCC1)CC3.Oc1ccc2c(c1)[C@@]13CCCC[C@@]1(O)[C@@H](C2)N(CC1CCC1)CC3.Oc1ccc2c3c1O[C@H]1[C@@H](O)CC[C@@]4(O)[C@@H](C2)N(CC2CCC2)CC[C@]314.Oc1ccc2c3c1O[C@H]1[C@@H](O)CC[C@@]4(O)[C@@H](C2)N(CC2CCC2)CC[C@]314. The number of piperidine rings is 5. The first-order chi connectivity index (χ1) is 64.3. The van der Waals surface area contributed by atoms with Crippen LogP contribution in [0.4, 0.5) is 0 Å². The van der Waals surface area contributed by atoms with E-state index in [0.717, 1.165) is 209 Å². The fourth-order valence-electron chi connectivity index (χ4n) is 35.9. The molecular weight excluding hydrogens is 1680 g/mol. The van der Waals surface area contributed by atoms with Crippen LogP contribution >= 0.6 is 0 Å². The van der Waals surface area contributed by atoms with Crippen LogP contribution in [-0.4, -0.2) is 253 Å². The quantitative estimate of drug-likeness (QED) is 0.0553. The fraction of sp³-hybridized carbons (Fsp3) is 0.735. The van der Waals surface area contributed by atoms with Crippen LogP contribution in [0.5, 0.6) is 46.0 Å². The first-order valence-corrected chi connectivity index (χ1v) is 53.8. The van der Waals surface area contributed by atoms with Crippen molar-refractivity contribution in [2.45, 2.75) is 400 Å². The lowest BCUT2D eigenvalue weighted by atomic mass is 9.33. The third-order valence-electron chi connectivity index (χ3n) is 44.0. The van der Waals surface area contributed by atoms with Crippen LogP contribution in [0.15, 0.2) is 72.8 Å². The number of aromatic hydroxyl groups is 5. The van der Waals surface area contributed by atoms with Crippen molar-refractivity contribution in [2.75, 3.05) is 72.6 Å². The summed E-state index contributed by atoms with van der Waals surface area (Å²) in [6.07, 6.45) is 39.9. The topological polar surface area (TPSA) is 296 Å². The summed E-state index contributed by atoms with van der Waals surface area (Å²) < 4.78 is 25.8. The summed E-state index contributed by atoms with van der Waals surface area (Å²) in [6, 6.07) is 24.4. The Balaban J connectivity index is 0.0000000901. The molecule has 12 saturated carbocycles. The molecule has 0 aromatic heterocycles. The van der Waals surface area contributed by atoms with Crippen LogP contribution < -0.4 is 14.2 Å². The number of ether oxygens (including phenoxy) is 4. The van der Waals surface area contributed by atoms with Gasteiger partial charge in [0.1, 0.15) is 35.4 Å². The molecule has 0 radical (unpaired) electrons. The second kappa shape index (κ2) is 31.2. The standard InChI is InChI=1S/C29H41NO4.2C21H27NO4.2C21H29NO2/c1-25(2,3)26(4,32)20-15-27-10-11-29(20,33-5)24-28(27)12-13-30(16-17-6-7-17)21(27)14-18-8-9-19(31)23(34-24)22(18)28;2*23-14-5-4-13-10-16-21(25)7-6-15(24)19-20(21,17(13)18(14)26-19)8-9-22(16)11-12-2-1-3-12;2*23-17-7-6-16-12-19-21(24)9-2-1-8-20(21,18(16)13-17)10-11-22(19)14-15-4-3-5-15/h8-9,17,20-21,24,31-32H,6-7,10-16H2,1-5H3;2*4-5,12,15-16,19,23-25H,1-3,6-11H2;2*6-7,13,15,19,23-24H,1-5,8-12,14H2/t20-,21-,24-,26?,27-,28+,29?;2*15-,16+,19-,20-,21+;2*19-,20+,21-/m10011/s1. The third kappa shape index (κ3) is 12.1. The molecule has 25 aliphatic rings. The molecule has 23 atom stereocenters. The van der Waals surface area contributed by atoms with Crippen molar-refractivity contribution in [2.24, 2.45) is 46.3 Å². The number of aliphatic hydroxyl groups is 7. The lowest BCUT2D eigenvalue weighted by molar-refractivity contribution is -0.312. The summed E-state index contributed by atoms with van der Waals surface area (Å²) in [7, 11) is 1.83. The maximum atomic E-state index is 12.2. The Labute approximate surface area is 793 Å². The van der Waals surface area contributed by atoms with Crippen molar-refractivity contribution in [3.8, 4) is 46.0 Å². The number of phenols is 5. The molecule has 0 amide bonds. The highest BCUT2D eigenvalue weighted by molar-refractivity contribution is 5.67. The van der Waals surface area contributed by atoms with Crippen molar-refractivity contribution in [1.29, 1.82) is 0 Å². The van der Waals surface area contributed by atoms with Crippen LogP contribution in [0.1, 0.15) is 302 Å². The Kier molecular flexibility index (Phi) is 20.8. The number of fused-ring (bicyclic) bond motifs is 4. The normalized spacial score (nSPS) is 42.0. The van der Waals surface area contributed by atoms with Gasteiger partial charge in [-0.2, -0.15) is 0 Å². The van der Waals surface area contributed by atoms with Crippen LogP contribution in [0.3, 0.4) is 0 Å². The van der Waals surface area contributed by atoms with E-state index >= 15 is 0 Å².